The molecule has 0 unspecified atom stereocenters. The second-order valence-corrected chi connectivity index (χ2v) is 9.97. The normalized spacial score (nSPS) is 18.6. The predicted molar refractivity (Wildman–Crippen MR) is 115 cm³/mol. The van der Waals surface area contributed by atoms with Crippen molar-refractivity contribution in [2.75, 3.05) is 39.9 Å². The fourth-order valence-electron chi connectivity index (χ4n) is 3.47. The quantitative estimate of drug-likeness (QED) is 0.739. The van der Waals surface area contributed by atoms with Gasteiger partial charge in [0.05, 0.1) is 28.1 Å². The van der Waals surface area contributed by atoms with Crippen molar-refractivity contribution < 1.29 is 18.3 Å². The molecule has 2 heterocycles. The number of nitrogens with one attached hydrogen (secondary N) is 1. The average Bonchev–Trinajstić information content (AvgIpc) is 2.98. The highest BCUT2D eigenvalue weighted by Gasteiger charge is 2.29. The lowest BCUT2D eigenvalue weighted by molar-refractivity contribution is 0.102. The summed E-state index contributed by atoms with van der Waals surface area (Å²) in [5, 5.41) is 12.9. The van der Waals surface area contributed by atoms with Gasteiger partial charge < -0.3 is 15.3 Å². The second kappa shape index (κ2) is 7.68. The molecule has 7 nitrogen and oxygen atoms in total. The maximum absolute atomic E-state index is 12.8. The number of aliphatic hydroxyl groups excluding tert-OH is 1. The van der Waals surface area contributed by atoms with Crippen LogP contribution in [-0.2, 0) is 10.0 Å². The summed E-state index contributed by atoms with van der Waals surface area (Å²) in [6.45, 7) is 1.39. The first-order chi connectivity index (χ1) is 13.7. The fraction of sp³-hybridized carbons (Fsp3) is 0.316. The molecule has 2 N–H and O–H groups in total. The van der Waals surface area contributed by atoms with Gasteiger partial charge in [-0.3, -0.25) is 9.10 Å². The molecule has 0 aliphatic carbocycles. The summed E-state index contributed by atoms with van der Waals surface area (Å²) in [5.74, 6) is -0.376. The summed E-state index contributed by atoms with van der Waals surface area (Å²) < 4.78 is 25.6. The molecule has 2 aliphatic rings. The van der Waals surface area contributed by atoms with Gasteiger partial charge in [0.2, 0.25) is 10.0 Å². The first-order valence-corrected chi connectivity index (χ1v) is 11.4. The molecule has 0 radical (unpaired) electrons. The van der Waals surface area contributed by atoms with Crippen molar-refractivity contribution in [2.45, 2.75) is 12.5 Å². The van der Waals surface area contributed by atoms with E-state index in [1.807, 2.05) is 4.90 Å². The van der Waals surface area contributed by atoms with Crippen LogP contribution in [0.1, 0.15) is 16.8 Å². The number of sulfonamides is 1. The third-order valence-electron chi connectivity index (χ3n) is 4.95. The van der Waals surface area contributed by atoms with Gasteiger partial charge in [-0.1, -0.05) is 23.2 Å². The van der Waals surface area contributed by atoms with Crippen molar-refractivity contribution in [3.63, 3.8) is 0 Å². The van der Waals surface area contributed by atoms with Gasteiger partial charge >= 0.3 is 0 Å². The van der Waals surface area contributed by atoms with Gasteiger partial charge in [-0.15, -0.1) is 0 Å². The molecule has 2 aromatic carbocycles. The summed E-state index contributed by atoms with van der Waals surface area (Å²) >= 11 is 12.4. The van der Waals surface area contributed by atoms with Crippen molar-refractivity contribution in [2.24, 2.45) is 0 Å². The van der Waals surface area contributed by atoms with E-state index in [1.54, 1.807) is 24.3 Å². The molecular weight excluding hydrogens is 437 g/mol. The van der Waals surface area contributed by atoms with E-state index in [9.17, 15) is 18.3 Å². The van der Waals surface area contributed by atoms with Gasteiger partial charge in [-0.25, -0.2) is 8.42 Å². The molecule has 0 atom stereocenters. The summed E-state index contributed by atoms with van der Waals surface area (Å²) in [6.07, 6.45) is 0.179. The number of nitrogens with zero attached hydrogens (tertiary/aromatic N) is 2. The first-order valence-electron chi connectivity index (χ1n) is 9.08. The largest absolute Gasteiger partial charge is 0.389 e. The summed E-state index contributed by atoms with van der Waals surface area (Å²) in [7, 11) is -3.36. The molecule has 2 aromatic rings. The summed E-state index contributed by atoms with van der Waals surface area (Å²) in [4.78, 5) is 14.8. The molecule has 1 amide bonds. The van der Waals surface area contributed by atoms with Crippen molar-refractivity contribution in [1.82, 2.24) is 0 Å². The van der Waals surface area contributed by atoms with Gasteiger partial charge in [0.25, 0.3) is 5.91 Å². The van der Waals surface area contributed by atoms with Gasteiger partial charge in [0, 0.05) is 36.0 Å². The van der Waals surface area contributed by atoms with E-state index in [4.69, 9.17) is 23.2 Å². The van der Waals surface area contributed by atoms with E-state index in [0.29, 0.717) is 42.5 Å². The Morgan fingerprint density at radius 3 is 2.52 bits per heavy atom. The van der Waals surface area contributed by atoms with E-state index < -0.39 is 15.9 Å². The van der Waals surface area contributed by atoms with Crippen LogP contribution < -0.4 is 14.5 Å². The number of halogens is 2. The maximum Gasteiger partial charge on any atom is 0.257 e. The van der Waals surface area contributed by atoms with Crippen LogP contribution >= 0.6 is 23.2 Å². The van der Waals surface area contributed by atoms with Crippen LogP contribution in [0.15, 0.2) is 36.4 Å². The molecule has 2 saturated heterocycles. The lowest BCUT2D eigenvalue weighted by Gasteiger charge is -2.38. The standard InChI is InChI=1S/C19H19Cl2N3O4S/c20-12-6-13(8-15(7-12)23-10-16(25)11-23)22-19(26)17-9-14(2-3-18(17)21)24-4-1-5-29(24,27)28/h2-3,6-9,16,25H,1,4-5,10-11H2,(H,22,26). The number of hydrogen-bond donors (Lipinski definition) is 2. The number of amides is 1. The minimum atomic E-state index is -3.36. The molecule has 0 aromatic heterocycles. The zero-order valence-corrected chi connectivity index (χ0v) is 17.6. The lowest BCUT2D eigenvalue weighted by atomic mass is 10.1. The molecule has 10 heteroatoms. The zero-order chi connectivity index (χ0) is 20.8. The zero-order valence-electron chi connectivity index (χ0n) is 15.3. The fourth-order valence-corrected chi connectivity index (χ4v) is 5.45. The van der Waals surface area contributed by atoms with Crippen LogP contribution in [0.4, 0.5) is 17.1 Å². The molecule has 4 rings (SSSR count). The third-order valence-corrected chi connectivity index (χ3v) is 7.37. The van der Waals surface area contributed by atoms with Gasteiger partial charge in [0.1, 0.15) is 0 Å². The van der Waals surface area contributed by atoms with Gasteiger partial charge in [-0.05, 0) is 42.8 Å². The van der Waals surface area contributed by atoms with Crippen molar-refractivity contribution >= 4 is 56.2 Å². The van der Waals surface area contributed by atoms with Crippen molar-refractivity contribution in [1.29, 1.82) is 0 Å². The van der Waals surface area contributed by atoms with Crippen LogP contribution in [0.3, 0.4) is 0 Å². The SMILES string of the molecule is O=C(Nc1cc(Cl)cc(N2CC(O)C2)c1)c1cc(N2CCCS2(=O)=O)ccc1Cl. The number of hydrogen-bond acceptors (Lipinski definition) is 5. The van der Waals surface area contributed by atoms with Crippen LogP contribution in [-0.4, -0.2) is 50.9 Å². The highest BCUT2D eigenvalue weighted by molar-refractivity contribution is 7.93. The highest BCUT2D eigenvalue weighted by Crippen LogP contribution is 2.31. The van der Waals surface area contributed by atoms with Crippen LogP contribution in [0.2, 0.25) is 10.0 Å². The number of carbonyl (C=O) groups is 1. The number of carbonyl (C=O) groups excluding carboxylic acids is 1. The third kappa shape index (κ3) is 4.16. The number of β-amino-alcohol motifs (C(OH)–C–C–N with tert-alkyl or cyclic N) is 1. The number of benzene rings is 2. The first kappa shape index (κ1) is 20.3. The summed E-state index contributed by atoms with van der Waals surface area (Å²) in [5.41, 5.74) is 1.86. The molecule has 0 spiro atoms. The molecular formula is C19H19Cl2N3O4S. The highest BCUT2D eigenvalue weighted by atomic mass is 35.5. The van der Waals surface area contributed by atoms with E-state index in [0.717, 1.165) is 5.69 Å². The van der Waals surface area contributed by atoms with E-state index >= 15 is 0 Å². The average molecular weight is 456 g/mol. The molecule has 154 valence electrons. The number of rotatable bonds is 4. The van der Waals surface area contributed by atoms with Crippen molar-refractivity contribution in [3.05, 3.63) is 52.0 Å². The van der Waals surface area contributed by atoms with E-state index in [-0.39, 0.29) is 22.4 Å². The van der Waals surface area contributed by atoms with E-state index in [2.05, 4.69) is 5.32 Å². The number of anilines is 3. The molecule has 0 bridgehead atoms. The maximum atomic E-state index is 12.8. The topological polar surface area (TPSA) is 90.0 Å². The number of aliphatic hydroxyl groups is 1. The Kier molecular flexibility index (Phi) is 5.37. The Hall–Kier alpha value is -2.00. The van der Waals surface area contributed by atoms with Crippen LogP contribution in [0.5, 0.6) is 0 Å². The van der Waals surface area contributed by atoms with E-state index in [1.165, 1.54) is 16.4 Å². The van der Waals surface area contributed by atoms with Gasteiger partial charge in [0.15, 0.2) is 0 Å². The monoisotopic (exact) mass is 455 g/mol. The second-order valence-electron chi connectivity index (χ2n) is 7.12. The Morgan fingerprint density at radius 1 is 1.10 bits per heavy atom. The smallest absolute Gasteiger partial charge is 0.257 e. The van der Waals surface area contributed by atoms with Crippen molar-refractivity contribution in [3.8, 4) is 0 Å². The van der Waals surface area contributed by atoms with Crippen LogP contribution in [0.25, 0.3) is 0 Å². The molecule has 2 aliphatic heterocycles. The van der Waals surface area contributed by atoms with Gasteiger partial charge in [-0.2, -0.15) is 0 Å². The molecule has 0 saturated carbocycles. The molecule has 2 fully saturated rings. The molecule has 29 heavy (non-hydrogen) atoms. The Labute approximate surface area is 178 Å². The Morgan fingerprint density at radius 2 is 1.86 bits per heavy atom. The van der Waals surface area contributed by atoms with Crippen LogP contribution in [0, 0.1) is 0 Å². The lowest BCUT2D eigenvalue weighted by Crippen LogP contribution is -2.50. The Balaban J connectivity index is 1.58. The predicted octanol–water partition coefficient (Wildman–Crippen LogP) is 2.97. The summed E-state index contributed by atoms with van der Waals surface area (Å²) in [6, 6.07) is 9.73. The Bertz CT molecular complexity index is 1070. The minimum Gasteiger partial charge on any atom is -0.389 e. The minimum absolute atomic E-state index is 0.0909.